The van der Waals surface area contributed by atoms with E-state index in [1.54, 1.807) is 0 Å². The summed E-state index contributed by atoms with van der Waals surface area (Å²) in [5, 5.41) is 0. The SMILES string of the molecule is COC(=O)C1COCCN1C(=O)c1cc(F)cc(F)c1. The molecule has 1 amide bonds. The van der Waals surface area contributed by atoms with Crippen LogP contribution in [0.1, 0.15) is 10.4 Å². The summed E-state index contributed by atoms with van der Waals surface area (Å²) in [7, 11) is 1.20. The van der Waals surface area contributed by atoms with Gasteiger partial charge in [-0.05, 0) is 12.1 Å². The molecule has 2 rings (SSSR count). The van der Waals surface area contributed by atoms with Crippen LogP contribution in [0, 0.1) is 11.6 Å². The molecule has 5 nitrogen and oxygen atoms in total. The molecule has 1 atom stereocenters. The molecule has 0 N–H and O–H groups in total. The molecule has 0 aliphatic carbocycles. The number of benzene rings is 1. The van der Waals surface area contributed by atoms with Crippen LogP contribution in [0.15, 0.2) is 18.2 Å². The number of esters is 1. The van der Waals surface area contributed by atoms with Crippen molar-refractivity contribution in [3.8, 4) is 0 Å². The predicted octanol–water partition coefficient (Wildman–Crippen LogP) is 0.979. The Hall–Kier alpha value is -2.02. The number of amides is 1. The molecule has 1 saturated heterocycles. The van der Waals surface area contributed by atoms with Gasteiger partial charge in [-0.25, -0.2) is 13.6 Å². The van der Waals surface area contributed by atoms with Gasteiger partial charge in [0.25, 0.3) is 5.91 Å². The van der Waals surface area contributed by atoms with Gasteiger partial charge in [0.1, 0.15) is 11.6 Å². The quantitative estimate of drug-likeness (QED) is 0.760. The highest BCUT2D eigenvalue weighted by Gasteiger charge is 2.34. The molecule has 0 aromatic heterocycles. The van der Waals surface area contributed by atoms with Crippen molar-refractivity contribution in [2.24, 2.45) is 0 Å². The van der Waals surface area contributed by atoms with E-state index in [-0.39, 0.29) is 25.3 Å². The number of methoxy groups -OCH3 is 1. The first-order chi connectivity index (χ1) is 9.52. The van der Waals surface area contributed by atoms with E-state index in [0.717, 1.165) is 12.1 Å². The topological polar surface area (TPSA) is 55.8 Å². The van der Waals surface area contributed by atoms with Crippen LogP contribution < -0.4 is 0 Å². The molecular weight excluding hydrogens is 272 g/mol. The molecule has 1 aliphatic rings. The number of carbonyl (C=O) groups excluding carboxylic acids is 2. The van der Waals surface area contributed by atoms with Crippen molar-refractivity contribution in [1.29, 1.82) is 0 Å². The average molecular weight is 285 g/mol. The Bertz CT molecular complexity index is 515. The molecule has 0 radical (unpaired) electrons. The Morgan fingerprint density at radius 1 is 1.30 bits per heavy atom. The first-order valence-electron chi connectivity index (χ1n) is 5.95. The highest BCUT2D eigenvalue weighted by atomic mass is 19.1. The fraction of sp³-hybridized carbons (Fsp3) is 0.385. The molecule has 1 fully saturated rings. The number of hydrogen-bond donors (Lipinski definition) is 0. The summed E-state index contributed by atoms with van der Waals surface area (Å²) in [5.41, 5.74) is -0.154. The number of halogens is 2. The number of morpholine rings is 1. The zero-order valence-corrected chi connectivity index (χ0v) is 10.8. The second kappa shape index (κ2) is 5.96. The third-order valence-electron chi connectivity index (χ3n) is 2.97. The van der Waals surface area contributed by atoms with Crippen molar-refractivity contribution in [3.63, 3.8) is 0 Å². The van der Waals surface area contributed by atoms with E-state index in [2.05, 4.69) is 4.74 Å². The molecule has 7 heteroatoms. The van der Waals surface area contributed by atoms with Gasteiger partial charge in [-0.3, -0.25) is 4.79 Å². The standard InChI is InChI=1S/C13H13F2NO4/c1-19-13(18)11-7-20-3-2-16(11)12(17)8-4-9(14)6-10(15)5-8/h4-6,11H,2-3,7H2,1H3. The van der Waals surface area contributed by atoms with E-state index >= 15 is 0 Å². The van der Waals surface area contributed by atoms with Crippen LogP contribution in [-0.2, 0) is 14.3 Å². The van der Waals surface area contributed by atoms with Gasteiger partial charge in [-0.1, -0.05) is 0 Å². The first-order valence-corrected chi connectivity index (χ1v) is 5.95. The van der Waals surface area contributed by atoms with Crippen molar-refractivity contribution < 1.29 is 27.8 Å². The largest absolute Gasteiger partial charge is 0.467 e. The van der Waals surface area contributed by atoms with E-state index in [1.807, 2.05) is 0 Å². The molecule has 20 heavy (non-hydrogen) atoms. The van der Waals surface area contributed by atoms with Gasteiger partial charge in [-0.2, -0.15) is 0 Å². The third-order valence-corrected chi connectivity index (χ3v) is 2.97. The Kier molecular flexibility index (Phi) is 4.29. The summed E-state index contributed by atoms with van der Waals surface area (Å²) in [6, 6.07) is 1.62. The van der Waals surface area contributed by atoms with Gasteiger partial charge < -0.3 is 14.4 Å². The average Bonchev–Trinajstić information content (AvgIpc) is 2.44. The zero-order chi connectivity index (χ0) is 14.7. The molecule has 1 aromatic rings. The Morgan fingerprint density at radius 3 is 2.55 bits per heavy atom. The maximum atomic E-state index is 13.2. The minimum Gasteiger partial charge on any atom is -0.467 e. The maximum absolute atomic E-state index is 13.2. The summed E-state index contributed by atoms with van der Waals surface area (Å²) in [6.07, 6.45) is 0. The monoisotopic (exact) mass is 285 g/mol. The number of carbonyl (C=O) groups is 2. The van der Waals surface area contributed by atoms with Crippen molar-refractivity contribution in [2.75, 3.05) is 26.9 Å². The van der Waals surface area contributed by atoms with Crippen molar-refractivity contribution in [1.82, 2.24) is 4.90 Å². The number of hydrogen-bond acceptors (Lipinski definition) is 4. The molecule has 108 valence electrons. The molecular formula is C13H13F2NO4. The molecule has 1 aliphatic heterocycles. The summed E-state index contributed by atoms with van der Waals surface area (Å²) in [6.45, 7) is 0.393. The van der Waals surface area contributed by atoms with Crippen molar-refractivity contribution >= 4 is 11.9 Å². The lowest BCUT2D eigenvalue weighted by atomic mass is 10.1. The lowest BCUT2D eigenvalue weighted by Crippen LogP contribution is -2.53. The van der Waals surface area contributed by atoms with E-state index in [1.165, 1.54) is 12.0 Å². The number of nitrogens with zero attached hydrogens (tertiary/aromatic N) is 1. The van der Waals surface area contributed by atoms with Crippen LogP contribution in [0.3, 0.4) is 0 Å². The Morgan fingerprint density at radius 2 is 1.95 bits per heavy atom. The van der Waals surface area contributed by atoms with Crippen LogP contribution in [0.25, 0.3) is 0 Å². The van der Waals surface area contributed by atoms with Gasteiger partial charge in [0.2, 0.25) is 0 Å². The van der Waals surface area contributed by atoms with E-state index in [0.29, 0.717) is 6.07 Å². The number of ether oxygens (including phenoxy) is 2. The zero-order valence-electron chi connectivity index (χ0n) is 10.8. The second-order valence-electron chi connectivity index (χ2n) is 4.27. The lowest BCUT2D eigenvalue weighted by Gasteiger charge is -2.33. The fourth-order valence-corrected chi connectivity index (χ4v) is 2.02. The smallest absolute Gasteiger partial charge is 0.331 e. The molecule has 1 aromatic carbocycles. The molecule has 0 bridgehead atoms. The molecule has 0 saturated carbocycles. The maximum Gasteiger partial charge on any atom is 0.331 e. The highest BCUT2D eigenvalue weighted by Crippen LogP contribution is 2.16. The van der Waals surface area contributed by atoms with Crippen LogP contribution in [0.4, 0.5) is 8.78 Å². The summed E-state index contributed by atoms with van der Waals surface area (Å²) >= 11 is 0. The normalized spacial score (nSPS) is 18.8. The summed E-state index contributed by atoms with van der Waals surface area (Å²) in [4.78, 5) is 25.1. The third kappa shape index (κ3) is 2.93. The van der Waals surface area contributed by atoms with E-state index < -0.39 is 29.6 Å². The van der Waals surface area contributed by atoms with Crippen molar-refractivity contribution in [2.45, 2.75) is 6.04 Å². The Balaban J connectivity index is 2.27. The second-order valence-corrected chi connectivity index (χ2v) is 4.27. The van der Waals surface area contributed by atoms with Gasteiger partial charge in [0.15, 0.2) is 6.04 Å². The van der Waals surface area contributed by atoms with Crippen LogP contribution in [0.5, 0.6) is 0 Å². The molecule has 0 spiro atoms. The highest BCUT2D eigenvalue weighted by molar-refractivity contribution is 5.97. The minimum atomic E-state index is -0.910. The van der Waals surface area contributed by atoms with Gasteiger partial charge in [0.05, 0.1) is 20.3 Å². The van der Waals surface area contributed by atoms with Crippen LogP contribution in [-0.4, -0.2) is 49.7 Å². The minimum absolute atomic E-state index is 0.00376. The first kappa shape index (κ1) is 14.4. The molecule has 1 heterocycles. The van der Waals surface area contributed by atoms with E-state index in [9.17, 15) is 18.4 Å². The van der Waals surface area contributed by atoms with Gasteiger partial charge >= 0.3 is 5.97 Å². The van der Waals surface area contributed by atoms with Crippen LogP contribution in [0.2, 0.25) is 0 Å². The van der Waals surface area contributed by atoms with Crippen molar-refractivity contribution in [3.05, 3.63) is 35.4 Å². The van der Waals surface area contributed by atoms with E-state index in [4.69, 9.17) is 4.74 Å². The van der Waals surface area contributed by atoms with Gasteiger partial charge in [-0.15, -0.1) is 0 Å². The summed E-state index contributed by atoms with van der Waals surface area (Å²) in [5.74, 6) is -2.97. The van der Waals surface area contributed by atoms with Crippen LogP contribution >= 0.6 is 0 Å². The Labute approximate surface area is 114 Å². The lowest BCUT2D eigenvalue weighted by molar-refractivity contribution is -0.151. The van der Waals surface area contributed by atoms with Gasteiger partial charge in [0, 0.05) is 18.2 Å². The predicted molar refractivity (Wildman–Crippen MR) is 64.0 cm³/mol. The summed E-state index contributed by atoms with van der Waals surface area (Å²) < 4.78 is 36.0. The number of rotatable bonds is 2. The molecule has 1 unspecified atom stereocenters. The fourth-order valence-electron chi connectivity index (χ4n) is 2.02.